The molecule has 5 nitrogen and oxygen atoms in total. The number of nitrogens with zero attached hydrogens (tertiary/aromatic N) is 1. The molecule has 1 N–H and O–H groups in total. The van der Waals surface area contributed by atoms with Gasteiger partial charge in [0.25, 0.3) is 0 Å². The van der Waals surface area contributed by atoms with Gasteiger partial charge in [0.15, 0.2) is 0 Å². The molecule has 0 aliphatic heterocycles. The molecular formula is C13H22N2O3S2. The van der Waals surface area contributed by atoms with Gasteiger partial charge in [-0.25, -0.2) is 8.42 Å². The first-order chi connectivity index (χ1) is 9.45. The molecular weight excluding hydrogens is 296 g/mol. The van der Waals surface area contributed by atoms with Crippen molar-refractivity contribution in [1.29, 1.82) is 0 Å². The van der Waals surface area contributed by atoms with E-state index >= 15 is 0 Å². The fraction of sp³-hybridized carbons (Fsp3) is 0.692. The number of hydrogen-bond donors (Lipinski definition) is 1. The first kappa shape index (κ1) is 15.9. The molecule has 0 amide bonds. The Kier molecular flexibility index (Phi) is 5.17. The monoisotopic (exact) mass is 318 g/mol. The van der Waals surface area contributed by atoms with Gasteiger partial charge in [-0.05, 0) is 26.0 Å². The molecule has 1 aromatic heterocycles. The topological polar surface area (TPSA) is 62.6 Å². The minimum atomic E-state index is -3.45. The molecule has 20 heavy (non-hydrogen) atoms. The van der Waals surface area contributed by atoms with Crippen LogP contribution in [0.2, 0.25) is 0 Å². The third-order valence-electron chi connectivity index (χ3n) is 3.36. The van der Waals surface area contributed by atoms with Crippen molar-refractivity contribution in [2.75, 3.05) is 25.6 Å². The molecule has 2 rings (SSSR count). The molecule has 0 unspecified atom stereocenters. The summed E-state index contributed by atoms with van der Waals surface area (Å²) in [6, 6.07) is 2.22. The van der Waals surface area contributed by atoms with Crippen molar-refractivity contribution in [2.45, 2.75) is 37.2 Å². The zero-order valence-electron chi connectivity index (χ0n) is 12.2. The molecule has 114 valence electrons. The van der Waals surface area contributed by atoms with Crippen LogP contribution >= 0.6 is 11.8 Å². The van der Waals surface area contributed by atoms with Crippen molar-refractivity contribution in [3.05, 3.63) is 17.6 Å². The fourth-order valence-electron chi connectivity index (χ4n) is 1.91. The van der Waals surface area contributed by atoms with Crippen LogP contribution < -0.4 is 5.32 Å². The van der Waals surface area contributed by atoms with Crippen molar-refractivity contribution in [1.82, 2.24) is 9.62 Å². The lowest BCUT2D eigenvalue weighted by atomic mass is 10.4. The maximum absolute atomic E-state index is 12.5. The molecule has 1 aliphatic carbocycles. The van der Waals surface area contributed by atoms with Crippen LogP contribution in [0.4, 0.5) is 0 Å². The number of thioether (sulfide) groups is 1. The van der Waals surface area contributed by atoms with E-state index in [1.807, 2.05) is 6.26 Å². The summed E-state index contributed by atoms with van der Waals surface area (Å²) >= 11 is 1.63. The van der Waals surface area contributed by atoms with Crippen LogP contribution in [0.25, 0.3) is 0 Å². The van der Waals surface area contributed by atoms with Gasteiger partial charge in [-0.1, -0.05) is 0 Å². The van der Waals surface area contributed by atoms with E-state index in [1.54, 1.807) is 31.8 Å². The number of rotatable bonds is 8. The van der Waals surface area contributed by atoms with Crippen LogP contribution in [0.15, 0.2) is 15.4 Å². The SMILES string of the molecule is CSCCN(C)S(=O)(=O)c1cc(CNC2CC2)oc1C. The lowest BCUT2D eigenvalue weighted by Crippen LogP contribution is -2.29. The average molecular weight is 318 g/mol. The van der Waals surface area contributed by atoms with Crippen LogP contribution in [0.1, 0.15) is 24.4 Å². The van der Waals surface area contributed by atoms with Gasteiger partial charge in [0.2, 0.25) is 10.0 Å². The smallest absolute Gasteiger partial charge is 0.246 e. The summed E-state index contributed by atoms with van der Waals surface area (Å²) in [7, 11) is -1.83. The molecule has 0 saturated heterocycles. The summed E-state index contributed by atoms with van der Waals surface area (Å²) in [5.74, 6) is 1.93. The highest BCUT2D eigenvalue weighted by Gasteiger charge is 2.26. The Morgan fingerprint density at radius 2 is 2.20 bits per heavy atom. The first-order valence-corrected chi connectivity index (χ1v) is 9.56. The molecule has 1 heterocycles. The highest BCUT2D eigenvalue weighted by atomic mass is 32.2. The Labute approximate surface area is 125 Å². The Morgan fingerprint density at radius 1 is 1.50 bits per heavy atom. The third kappa shape index (κ3) is 3.78. The van der Waals surface area contributed by atoms with Crippen molar-refractivity contribution in [2.24, 2.45) is 0 Å². The van der Waals surface area contributed by atoms with Gasteiger partial charge >= 0.3 is 0 Å². The Bertz CT molecular complexity index is 550. The number of nitrogens with one attached hydrogen (secondary N) is 1. The van der Waals surface area contributed by atoms with E-state index in [4.69, 9.17) is 4.42 Å². The minimum absolute atomic E-state index is 0.286. The second-order valence-electron chi connectivity index (χ2n) is 5.11. The van der Waals surface area contributed by atoms with E-state index in [0.717, 1.165) is 5.75 Å². The standard InChI is InChI=1S/C13H22N2O3S2/c1-10-13(20(16,17)15(2)6-7-19-3)8-12(18-10)9-14-11-4-5-11/h8,11,14H,4-7,9H2,1-3H3. The summed E-state index contributed by atoms with van der Waals surface area (Å²) in [4.78, 5) is 0.286. The Hall–Kier alpha value is -0.500. The second kappa shape index (κ2) is 6.51. The van der Waals surface area contributed by atoms with E-state index < -0.39 is 10.0 Å². The van der Waals surface area contributed by atoms with E-state index in [0.29, 0.717) is 30.7 Å². The minimum Gasteiger partial charge on any atom is -0.464 e. The quantitative estimate of drug-likeness (QED) is 0.792. The van der Waals surface area contributed by atoms with Crippen LogP contribution in [0, 0.1) is 6.92 Å². The summed E-state index contributed by atoms with van der Waals surface area (Å²) in [6.45, 7) is 2.80. The van der Waals surface area contributed by atoms with Gasteiger partial charge in [-0.2, -0.15) is 16.1 Å². The summed E-state index contributed by atoms with van der Waals surface area (Å²) in [5.41, 5.74) is 0. The van der Waals surface area contributed by atoms with E-state index in [1.165, 1.54) is 17.1 Å². The molecule has 0 radical (unpaired) electrons. The van der Waals surface area contributed by atoms with Crippen molar-refractivity contribution < 1.29 is 12.8 Å². The van der Waals surface area contributed by atoms with Crippen LogP contribution in [0.3, 0.4) is 0 Å². The maximum Gasteiger partial charge on any atom is 0.246 e. The predicted octanol–water partition coefficient (Wildman–Crippen LogP) is 1.82. The molecule has 1 saturated carbocycles. The average Bonchev–Trinajstić information content (AvgIpc) is 3.15. The van der Waals surface area contributed by atoms with Crippen molar-refractivity contribution in [3.63, 3.8) is 0 Å². The van der Waals surface area contributed by atoms with Crippen LogP contribution in [-0.2, 0) is 16.6 Å². The molecule has 7 heteroatoms. The Balaban J connectivity index is 2.09. The summed E-state index contributed by atoms with van der Waals surface area (Å²) in [5, 5.41) is 3.32. The number of furan rings is 1. The lowest BCUT2D eigenvalue weighted by molar-refractivity contribution is 0.452. The van der Waals surface area contributed by atoms with Gasteiger partial charge in [-0.15, -0.1) is 0 Å². The highest BCUT2D eigenvalue weighted by molar-refractivity contribution is 7.98. The molecule has 0 bridgehead atoms. The normalized spacial score (nSPS) is 16.0. The van der Waals surface area contributed by atoms with Crippen LogP contribution in [0.5, 0.6) is 0 Å². The number of hydrogen-bond acceptors (Lipinski definition) is 5. The highest BCUT2D eigenvalue weighted by Crippen LogP contribution is 2.24. The van der Waals surface area contributed by atoms with Gasteiger partial charge in [0.05, 0.1) is 6.54 Å². The van der Waals surface area contributed by atoms with Gasteiger partial charge in [-0.3, -0.25) is 0 Å². The molecule has 0 spiro atoms. The largest absolute Gasteiger partial charge is 0.464 e. The Morgan fingerprint density at radius 3 is 2.80 bits per heavy atom. The van der Waals surface area contributed by atoms with Gasteiger partial charge in [0, 0.05) is 31.5 Å². The third-order valence-corrected chi connectivity index (χ3v) is 5.92. The van der Waals surface area contributed by atoms with E-state index in [9.17, 15) is 8.42 Å². The lowest BCUT2D eigenvalue weighted by Gasteiger charge is -2.15. The number of sulfonamides is 1. The molecule has 0 atom stereocenters. The summed E-state index contributed by atoms with van der Waals surface area (Å²) in [6.07, 6.45) is 4.36. The molecule has 1 aromatic rings. The molecule has 1 fully saturated rings. The van der Waals surface area contributed by atoms with E-state index in [2.05, 4.69) is 5.32 Å². The number of aryl methyl sites for hydroxylation is 1. The zero-order chi connectivity index (χ0) is 14.8. The molecule has 0 aromatic carbocycles. The van der Waals surface area contributed by atoms with Crippen molar-refractivity contribution in [3.8, 4) is 0 Å². The first-order valence-electron chi connectivity index (χ1n) is 6.73. The van der Waals surface area contributed by atoms with Gasteiger partial charge in [0.1, 0.15) is 16.4 Å². The predicted molar refractivity (Wildman–Crippen MR) is 81.5 cm³/mol. The van der Waals surface area contributed by atoms with Crippen LogP contribution in [-0.4, -0.2) is 44.4 Å². The maximum atomic E-state index is 12.5. The van der Waals surface area contributed by atoms with Crippen molar-refractivity contribution >= 4 is 21.8 Å². The zero-order valence-corrected chi connectivity index (χ0v) is 13.8. The fourth-order valence-corrected chi connectivity index (χ4v) is 3.83. The second-order valence-corrected chi connectivity index (χ2v) is 8.11. The molecule has 1 aliphatic rings. The van der Waals surface area contributed by atoms with Gasteiger partial charge < -0.3 is 9.73 Å². The summed E-state index contributed by atoms with van der Waals surface area (Å²) < 4.78 is 31.9. The van der Waals surface area contributed by atoms with E-state index in [-0.39, 0.29) is 4.90 Å².